The van der Waals surface area contributed by atoms with Gasteiger partial charge in [0.15, 0.2) is 16.6 Å². The number of aliphatic hydroxyl groups excluding tert-OH is 1. The minimum absolute atomic E-state index is 0.00548. The van der Waals surface area contributed by atoms with Crippen molar-refractivity contribution in [2.75, 3.05) is 12.0 Å². The van der Waals surface area contributed by atoms with E-state index in [1.54, 1.807) is 30.3 Å². The number of Topliss-reactive ketones (excluding diaryl/α,β-unsaturated/α-hetero) is 1. The van der Waals surface area contributed by atoms with Gasteiger partial charge < -0.3 is 19.7 Å². The van der Waals surface area contributed by atoms with Crippen LogP contribution in [0.2, 0.25) is 0 Å². The number of methoxy groups -OCH3 is 1. The van der Waals surface area contributed by atoms with Crippen LogP contribution in [-0.2, 0) is 16.0 Å². The Morgan fingerprint density at radius 2 is 1.95 bits per heavy atom. The molecule has 2 aliphatic heterocycles. The number of aryl methyl sites for hydroxylation is 2. The van der Waals surface area contributed by atoms with Crippen LogP contribution in [0.3, 0.4) is 0 Å². The van der Waals surface area contributed by atoms with E-state index in [9.17, 15) is 19.8 Å². The van der Waals surface area contributed by atoms with Gasteiger partial charge in [0.05, 0.1) is 33.4 Å². The van der Waals surface area contributed by atoms with E-state index in [0.717, 1.165) is 32.7 Å². The summed E-state index contributed by atoms with van der Waals surface area (Å²) in [6.45, 7) is 5.90. The zero-order chi connectivity index (χ0) is 28.5. The summed E-state index contributed by atoms with van der Waals surface area (Å²) in [6.07, 6.45) is 0.673. The van der Waals surface area contributed by atoms with Crippen LogP contribution in [0.25, 0.3) is 16.0 Å². The highest BCUT2D eigenvalue weighted by molar-refractivity contribution is 9.10. The van der Waals surface area contributed by atoms with E-state index >= 15 is 0 Å². The third-order valence-electron chi connectivity index (χ3n) is 7.22. The van der Waals surface area contributed by atoms with Gasteiger partial charge in [0, 0.05) is 12.0 Å². The normalized spacial score (nSPS) is 19.8. The number of nitrogens with zero attached hydrogens (tertiary/aromatic N) is 2. The van der Waals surface area contributed by atoms with E-state index < -0.39 is 17.7 Å². The van der Waals surface area contributed by atoms with Crippen LogP contribution >= 0.6 is 27.3 Å². The molecule has 3 aromatic carbocycles. The standard InChI is InChI=1S/C30H25BrN2O6S/c1-13-7-14(2)24-22(8-13)40-30(32-24)33-25(18-11-19(31)27(35)21(12-18)38-4)23(28(36)29(33)37)26(34)16-5-6-20-17(10-16)9-15(3)39-20/h5-8,10-12,15,25,34-35H,9H2,1-4H3/t15-,25+/m0/s1. The SMILES string of the molecule is COc1cc([C@@H]2C(=C(O)c3ccc4c(c3)C[C@H](C)O4)C(=O)C(=O)N2c2nc3c(C)cc(C)cc3s2)cc(Br)c1O. The molecule has 0 bridgehead atoms. The number of aromatic hydroxyl groups is 1. The zero-order valence-electron chi connectivity index (χ0n) is 22.1. The van der Waals surface area contributed by atoms with E-state index in [4.69, 9.17) is 14.5 Å². The van der Waals surface area contributed by atoms with Crippen molar-refractivity contribution in [2.45, 2.75) is 39.3 Å². The number of hydrogen-bond acceptors (Lipinski definition) is 8. The van der Waals surface area contributed by atoms with Crippen molar-refractivity contribution in [2.24, 2.45) is 0 Å². The van der Waals surface area contributed by atoms with Crippen molar-refractivity contribution in [1.82, 2.24) is 4.98 Å². The number of phenols is 1. The summed E-state index contributed by atoms with van der Waals surface area (Å²) in [5, 5.41) is 22.4. The Morgan fingerprint density at radius 1 is 1.18 bits per heavy atom. The van der Waals surface area contributed by atoms with Crippen LogP contribution in [0.1, 0.15) is 40.8 Å². The number of phenolic OH excluding ortho intramolecular Hbond substituents is 1. The second-order valence-corrected chi connectivity index (χ2v) is 12.0. The summed E-state index contributed by atoms with van der Waals surface area (Å²) in [5.74, 6) is -1.18. The molecule has 2 aliphatic rings. The minimum Gasteiger partial charge on any atom is -0.507 e. The lowest BCUT2D eigenvalue weighted by atomic mass is 9.94. The molecular formula is C30H25BrN2O6S. The first kappa shape index (κ1) is 26.3. The predicted molar refractivity (Wildman–Crippen MR) is 156 cm³/mol. The summed E-state index contributed by atoms with van der Waals surface area (Å²) in [5.41, 5.74) is 4.43. The third-order valence-corrected chi connectivity index (χ3v) is 8.83. The van der Waals surface area contributed by atoms with Crippen molar-refractivity contribution in [3.63, 3.8) is 0 Å². The van der Waals surface area contributed by atoms with Crippen LogP contribution < -0.4 is 14.4 Å². The second kappa shape index (κ2) is 9.64. The Labute approximate surface area is 242 Å². The number of ketones is 1. The smallest absolute Gasteiger partial charge is 0.301 e. The molecule has 2 atom stereocenters. The third kappa shape index (κ3) is 4.13. The largest absolute Gasteiger partial charge is 0.507 e. The molecule has 0 unspecified atom stereocenters. The second-order valence-electron chi connectivity index (χ2n) is 10.1. The van der Waals surface area contributed by atoms with Crippen LogP contribution in [0.4, 0.5) is 5.13 Å². The van der Waals surface area contributed by atoms with Crippen molar-refractivity contribution in [1.29, 1.82) is 0 Å². The molecular weight excluding hydrogens is 596 g/mol. The van der Waals surface area contributed by atoms with E-state index in [-0.39, 0.29) is 28.9 Å². The molecule has 0 saturated carbocycles. The molecule has 0 spiro atoms. The number of rotatable bonds is 4. The molecule has 1 saturated heterocycles. The molecule has 1 aromatic heterocycles. The molecule has 0 aliphatic carbocycles. The summed E-state index contributed by atoms with van der Waals surface area (Å²) < 4.78 is 12.3. The molecule has 4 aromatic rings. The maximum atomic E-state index is 13.7. The monoisotopic (exact) mass is 620 g/mol. The van der Waals surface area contributed by atoms with Gasteiger partial charge in [-0.05, 0) is 95.4 Å². The summed E-state index contributed by atoms with van der Waals surface area (Å²) in [6, 6.07) is 11.4. The average Bonchev–Trinajstić information content (AvgIpc) is 3.57. The molecule has 3 heterocycles. The van der Waals surface area contributed by atoms with E-state index in [1.165, 1.54) is 23.3 Å². The van der Waals surface area contributed by atoms with Crippen molar-refractivity contribution < 1.29 is 29.3 Å². The van der Waals surface area contributed by atoms with Gasteiger partial charge in [-0.1, -0.05) is 17.4 Å². The van der Waals surface area contributed by atoms with Gasteiger partial charge >= 0.3 is 5.91 Å². The molecule has 10 heteroatoms. The quantitative estimate of drug-likeness (QED) is 0.156. The number of anilines is 1. The molecule has 6 rings (SSSR count). The van der Waals surface area contributed by atoms with Crippen LogP contribution in [0.5, 0.6) is 17.2 Å². The number of aliphatic hydroxyl groups is 1. The number of halogens is 1. The molecule has 204 valence electrons. The lowest BCUT2D eigenvalue weighted by Crippen LogP contribution is -2.29. The van der Waals surface area contributed by atoms with Crippen LogP contribution in [-0.4, -0.2) is 40.1 Å². The van der Waals surface area contributed by atoms with Gasteiger partial charge in [0.2, 0.25) is 0 Å². The lowest BCUT2D eigenvalue weighted by molar-refractivity contribution is -0.132. The van der Waals surface area contributed by atoms with Gasteiger partial charge in [-0.15, -0.1) is 0 Å². The number of aromatic nitrogens is 1. The number of carbonyl (C=O) groups is 2. The zero-order valence-corrected chi connectivity index (χ0v) is 24.5. The number of hydrogen-bond donors (Lipinski definition) is 2. The fourth-order valence-corrected chi connectivity index (χ4v) is 7.07. The highest BCUT2D eigenvalue weighted by Gasteiger charge is 2.48. The molecule has 1 amide bonds. The average molecular weight is 622 g/mol. The summed E-state index contributed by atoms with van der Waals surface area (Å²) in [4.78, 5) is 33.4. The Kier molecular flexibility index (Phi) is 6.35. The van der Waals surface area contributed by atoms with Gasteiger partial charge in [-0.2, -0.15) is 0 Å². The first-order chi connectivity index (χ1) is 19.1. The minimum atomic E-state index is -1.03. The Hall–Kier alpha value is -3.89. The van der Waals surface area contributed by atoms with Crippen molar-refractivity contribution >= 4 is 60.1 Å². The molecule has 0 radical (unpaired) electrons. The summed E-state index contributed by atoms with van der Waals surface area (Å²) >= 11 is 4.65. The van der Waals surface area contributed by atoms with Crippen LogP contribution in [0.15, 0.2) is 52.5 Å². The number of thiazole rings is 1. The van der Waals surface area contributed by atoms with Gasteiger partial charge in [0.1, 0.15) is 17.6 Å². The van der Waals surface area contributed by atoms with E-state index in [2.05, 4.69) is 15.9 Å². The number of fused-ring (bicyclic) bond motifs is 2. The molecule has 2 N–H and O–H groups in total. The molecule has 40 heavy (non-hydrogen) atoms. The highest BCUT2D eigenvalue weighted by atomic mass is 79.9. The first-order valence-electron chi connectivity index (χ1n) is 12.6. The Bertz CT molecular complexity index is 1780. The number of ether oxygens (including phenoxy) is 2. The Balaban J connectivity index is 1.58. The first-order valence-corrected chi connectivity index (χ1v) is 14.2. The maximum absolute atomic E-state index is 13.7. The molecule has 1 fully saturated rings. The highest BCUT2D eigenvalue weighted by Crippen LogP contribution is 2.48. The molecule has 8 nitrogen and oxygen atoms in total. The fourth-order valence-electron chi connectivity index (χ4n) is 5.44. The van der Waals surface area contributed by atoms with E-state index in [0.29, 0.717) is 27.2 Å². The van der Waals surface area contributed by atoms with Crippen molar-refractivity contribution in [3.05, 3.63) is 80.3 Å². The fraction of sp³-hybridized carbons (Fsp3) is 0.233. The van der Waals surface area contributed by atoms with Gasteiger partial charge in [-0.25, -0.2) is 4.98 Å². The van der Waals surface area contributed by atoms with Gasteiger partial charge in [-0.3, -0.25) is 14.5 Å². The topological polar surface area (TPSA) is 109 Å². The van der Waals surface area contributed by atoms with E-state index in [1.807, 2.05) is 32.9 Å². The number of amides is 1. The number of carbonyl (C=O) groups excluding carboxylic acids is 2. The van der Waals surface area contributed by atoms with Crippen LogP contribution in [0, 0.1) is 13.8 Å². The summed E-state index contributed by atoms with van der Waals surface area (Å²) in [7, 11) is 1.41. The van der Waals surface area contributed by atoms with Gasteiger partial charge in [0.25, 0.3) is 5.78 Å². The Morgan fingerprint density at radius 3 is 2.70 bits per heavy atom. The number of benzene rings is 3. The predicted octanol–water partition coefficient (Wildman–Crippen LogP) is 6.34. The lowest BCUT2D eigenvalue weighted by Gasteiger charge is -2.24. The maximum Gasteiger partial charge on any atom is 0.301 e. The van der Waals surface area contributed by atoms with Crippen molar-refractivity contribution in [3.8, 4) is 17.2 Å².